The van der Waals surface area contributed by atoms with Gasteiger partial charge in [-0.1, -0.05) is 13.8 Å². The van der Waals surface area contributed by atoms with Crippen molar-refractivity contribution in [1.82, 2.24) is 9.97 Å². The first-order valence-corrected chi connectivity index (χ1v) is 7.54. The second kappa shape index (κ2) is 6.69. The zero-order valence-corrected chi connectivity index (χ0v) is 12.8. The van der Waals surface area contributed by atoms with E-state index in [0.717, 1.165) is 32.2 Å². The van der Waals surface area contributed by atoms with Gasteiger partial charge in [-0.05, 0) is 38.5 Å². The fourth-order valence-electron chi connectivity index (χ4n) is 2.73. The van der Waals surface area contributed by atoms with Crippen molar-refractivity contribution in [1.29, 1.82) is 0 Å². The number of aryl methyl sites for hydroxylation is 1. The molecule has 2 N–H and O–H groups in total. The largest absolute Gasteiger partial charge is 0.361 e. The standard InChI is InChI=1S/C14H23N5O2/c1-4-7-15-14-16-10(3)12(19(20)21)13(18-14)17-11-6-5-9(2)8-11/h9,11H,4-8H2,1-3H3,(H2,15,16,17,18). The van der Waals surface area contributed by atoms with Gasteiger partial charge < -0.3 is 10.6 Å². The number of anilines is 2. The van der Waals surface area contributed by atoms with E-state index in [0.29, 0.717) is 23.4 Å². The molecule has 7 heteroatoms. The summed E-state index contributed by atoms with van der Waals surface area (Å²) >= 11 is 0. The molecule has 2 atom stereocenters. The van der Waals surface area contributed by atoms with E-state index < -0.39 is 4.92 Å². The van der Waals surface area contributed by atoms with Gasteiger partial charge in [-0.3, -0.25) is 10.1 Å². The predicted molar refractivity (Wildman–Crippen MR) is 82.6 cm³/mol. The van der Waals surface area contributed by atoms with Gasteiger partial charge in [-0.25, -0.2) is 4.98 Å². The number of nitrogens with one attached hydrogen (secondary N) is 2. The summed E-state index contributed by atoms with van der Waals surface area (Å²) in [4.78, 5) is 19.4. The Morgan fingerprint density at radius 1 is 1.38 bits per heavy atom. The number of hydrogen-bond donors (Lipinski definition) is 2. The van der Waals surface area contributed by atoms with Crippen LogP contribution in [0.4, 0.5) is 17.5 Å². The first-order valence-electron chi connectivity index (χ1n) is 7.54. The summed E-state index contributed by atoms with van der Waals surface area (Å²) in [5, 5.41) is 17.6. The van der Waals surface area contributed by atoms with E-state index in [1.54, 1.807) is 6.92 Å². The number of nitrogens with zero attached hydrogens (tertiary/aromatic N) is 3. The lowest BCUT2D eigenvalue weighted by Crippen LogP contribution is -2.19. The molecule has 1 aliphatic rings. The maximum atomic E-state index is 11.3. The molecule has 2 unspecified atom stereocenters. The van der Waals surface area contributed by atoms with E-state index in [2.05, 4.69) is 27.5 Å². The highest BCUT2D eigenvalue weighted by Gasteiger charge is 2.27. The van der Waals surface area contributed by atoms with Crippen molar-refractivity contribution >= 4 is 17.5 Å². The van der Waals surface area contributed by atoms with Crippen LogP contribution in [0.2, 0.25) is 0 Å². The summed E-state index contributed by atoms with van der Waals surface area (Å²) in [5.41, 5.74) is 0.374. The third-order valence-electron chi connectivity index (χ3n) is 3.81. The van der Waals surface area contributed by atoms with E-state index in [1.807, 2.05) is 6.92 Å². The Bertz CT molecular complexity index is 520. The lowest BCUT2D eigenvalue weighted by atomic mass is 10.1. The first-order chi connectivity index (χ1) is 10.0. The molecule has 0 aromatic carbocycles. The molecule has 1 aliphatic carbocycles. The molecule has 1 aromatic rings. The van der Waals surface area contributed by atoms with E-state index in [1.165, 1.54) is 0 Å². The van der Waals surface area contributed by atoms with E-state index in [-0.39, 0.29) is 11.7 Å². The second-order valence-electron chi connectivity index (χ2n) is 5.77. The summed E-state index contributed by atoms with van der Waals surface area (Å²) in [6, 6.07) is 0.257. The van der Waals surface area contributed by atoms with E-state index in [9.17, 15) is 10.1 Å². The molecule has 0 aliphatic heterocycles. The fraction of sp³-hybridized carbons (Fsp3) is 0.714. The van der Waals surface area contributed by atoms with Crippen molar-refractivity contribution < 1.29 is 4.92 Å². The van der Waals surface area contributed by atoms with Crippen LogP contribution in [0, 0.1) is 23.0 Å². The molecule has 7 nitrogen and oxygen atoms in total. The maximum Gasteiger partial charge on any atom is 0.332 e. The molecular formula is C14H23N5O2. The average molecular weight is 293 g/mol. The minimum absolute atomic E-state index is 0.0170. The average Bonchev–Trinajstić information content (AvgIpc) is 2.80. The molecule has 0 bridgehead atoms. The van der Waals surface area contributed by atoms with Crippen LogP contribution in [0.15, 0.2) is 0 Å². The molecule has 116 valence electrons. The van der Waals surface area contributed by atoms with Gasteiger partial charge in [0.2, 0.25) is 11.8 Å². The monoisotopic (exact) mass is 293 g/mol. The number of hydrogen-bond acceptors (Lipinski definition) is 6. The highest BCUT2D eigenvalue weighted by Crippen LogP contribution is 2.32. The second-order valence-corrected chi connectivity index (χ2v) is 5.77. The lowest BCUT2D eigenvalue weighted by Gasteiger charge is -2.15. The van der Waals surface area contributed by atoms with E-state index in [4.69, 9.17) is 0 Å². The molecule has 1 fully saturated rings. The van der Waals surface area contributed by atoms with Crippen molar-refractivity contribution in [2.24, 2.45) is 5.92 Å². The van der Waals surface area contributed by atoms with Gasteiger partial charge in [-0.15, -0.1) is 0 Å². The molecule has 0 saturated heterocycles. The zero-order valence-electron chi connectivity index (χ0n) is 12.8. The maximum absolute atomic E-state index is 11.3. The van der Waals surface area contributed by atoms with Crippen molar-refractivity contribution in [2.75, 3.05) is 17.2 Å². The van der Waals surface area contributed by atoms with Crippen LogP contribution in [0.25, 0.3) is 0 Å². The van der Waals surface area contributed by atoms with Gasteiger partial charge in [0, 0.05) is 12.6 Å². The summed E-state index contributed by atoms with van der Waals surface area (Å²) in [5.74, 6) is 1.45. The van der Waals surface area contributed by atoms with Crippen LogP contribution in [-0.4, -0.2) is 27.5 Å². The third-order valence-corrected chi connectivity index (χ3v) is 3.81. The van der Waals surface area contributed by atoms with Crippen LogP contribution in [0.3, 0.4) is 0 Å². The van der Waals surface area contributed by atoms with Crippen LogP contribution < -0.4 is 10.6 Å². The summed E-state index contributed by atoms with van der Waals surface area (Å²) < 4.78 is 0. The van der Waals surface area contributed by atoms with Gasteiger partial charge >= 0.3 is 5.69 Å². The minimum Gasteiger partial charge on any atom is -0.361 e. The fourth-order valence-corrected chi connectivity index (χ4v) is 2.73. The van der Waals surface area contributed by atoms with Gasteiger partial charge in [-0.2, -0.15) is 4.98 Å². The molecule has 1 saturated carbocycles. The number of rotatable bonds is 6. The van der Waals surface area contributed by atoms with Crippen molar-refractivity contribution in [3.8, 4) is 0 Å². The Morgan fingerprint density at radius 3 is 2.71 bits per heavy atom. The first kappa shape index (κ1) is 15.5. The minimum atomic E-state index is -0.403. The van der Waals surface area contributed by atoms with Gasteiger partial charge in [0.25, 0.3) is 0 Å². The Balaban J connectivity index is 2.26. The number of nitro groups is 1. The Labute approximate surface area is 124 Å². The molecule has 0 radical (unpaired) electrons. The Morgan fingerprint density at radius 2 is 2.14 bits per heavy atom. The molecule has 0 spiro atoms. The molecule has 21 heavy (non-hydrogen) atoms. The van der Waals surface area contributed by atoms with Crippen LogP contribution >= 0.6 is 0 Å². The Hall–Kier alpha value is -1.92. The van der Waals surface area contributed by atoms with E-state index >= 15 is 0 Å². The lowest BCUT2D eigenvalue weighted by molar-refractivity contribution is -0.385. The SMILES string of the molecule is CCCNc1nc(C)c([N+](=O)[O-])c(NC2CCC(C)C2)n1. The van der Waals surface area contributed by atoms with Gasteiger partial charge in [0.1, 0.15) is 5.69 Å². The van der Waals surface area contributed by atoms with Crippen LogP contribution in [-0.2, 0) is 0 Å². The normalized spacial score (nSPS) is 21.3. The van der Waals surface area contributed by atoms with Crippen molar-refractivity contribution in [3.63, 3.8) is 0 Å². The summed E-state index contributed by atoms with van der Waals surface area (Å²) in [6.45, 7) is 6.65. The molecular weight excluding hydrogens is 270 g/mol. The van der Waals surface area contributed by atoms with Crippen LogP contribution in [0.1, 0.15) is 45.2 Å². The highest BCUT2D eigenvalue weighted by molar-refractivity contribution is 5.61. The van der Waals surface area contributed by atoms with Gasteiger partial charge in [0.05, 0.1) is 4.92 Å². The zero-order chi connectivity index (χ0) is 15.4. The summed E-state index contributed by atoms with van der Waals surface area (Å²) in [6.07, 6.45) is 4.15. The van der Waals surface area contributed by atoms with Crippen molar-refractivity contribution in [2.45, 2.75) is 52.5 Å². The molecule has 1 heterocycles. The number of aromatic nitrogens is 2. The predicted octanol–water partition coefficient (Wildman–Crippen LogP) is 3.12. The topological polar surface area (TPSA) is 93.0 Å². The molecule has 0 amide bonds. The molecule has 1 aromatic heterocycles. The Kier molecular flexibility index (Phi) is 4.93. The highest BCUT2D eigenvalue weighted by atomic mass is 16.6. The third kappa shape index (κ3) is 3.80. The van der Waals surface area contributed by atoms with Crippen LogP contribution in [0.5, 0.6) is 0 Å². The molecule has 2 rings (SSSR count). The van der Waals surface area contributed by atoms with Gasteiger partial charge in [0.15, 0.2) is 0 Å². The van der Waals surface area contributed by atoms with Crippen molar-refractivity contribution in [3.05, 3.63) is 15.8 Å². The quantitative estimate of drug-likeness (QED) is 0.618. The smallest absolute Gasteiger partial charge is 0.332 e. The summed E-state index contributed by atoms with van der Waals surface area (Å²) in [7, 11) is 0.